The minimum Gasteiger partial charge on any atom is -0.515 e. The third-order valence-corrected chi connectivity index (χ3v) is 9.12. The molecule has 0 unspecified atom stereocenters. The van der Waals surface area contributed by atoms with Crippen LogP contribution >= 0.6 is 0 Å². The second kappa shape index (κ2) is 6.99. The van der Waals surface area contributed by atoms with E-state index in [9.17, 15) is 4.79 Å². The molecule has 0 aromatic carbocycles. The lowest BCUT2D eigenvalue weighted by molar-refractivity contribution is -0.131. The van der Waals surface area contributed by atoms with Crippen molar-refractivity contribution >= 4 is 14.3 Å². The topological polar surface area (TPSA) is 26.3 Å². The van der Waals surface area contributed by atoms with Gasteiger partial charge in [0.1, 0.15) is 0 Å². The molecule has 17 heavy (non-hydrogen) atoms. The predicted octanol–water partition coefficient (Wildman–Crippen LogP) is 4.67. The molecule has 0 spiro atoms. The maximum absolute atomic E-state index is 11.8. The average Bonchev–Trinajstić information content (AvgIpc) is 2.22. The van der Waals surface area contributed by atoms with Gasteiger partial charge in [0.2, 0.25) is 0 Å². The van der Waals surface area contributed by atoms with Crippen molar-refractivity contribution in [2.75, 3.05) is 0 Å². The molecule has 2 nitrogen and oxygen atoms in total. The monoisotopic (exact) mass is 256 g/mol. The molecule has 100 valence electrons. The highest BCUT2D eigenvalue weighted by Gasteiger charge is 2.44. The van der Waals surface area contributed by atoms with Crippen molar-refractivity contribution in [2.24, 2.45) is 0 Å². The second-order valence-corrected chi connectivity index (χ2v) is 10.5. The molecule has 0 aliphatic rings. The standard InChI is InChI=1S/C14H28O2Si/c1-8-9-10-17(12(4)5,13(6)7)16-14(15)11(2)3/h12-13H,2,8-10H2,1,3-7H3. The van der Waals surface area contributed by atoms with Gasteiger partial charge >= 0.3 is 5.97 Å². The van der Waals surface area contributed by atoms with Gasteiger partial charge in [0.25, 0.3) is 8.32 Å². The normalized spacial score (nSPS) is 12.0. The largest absolute Gasteiger partial charge is 0.515 e. The van der Waals surface area contributed by atoms with Crippen LogP contribution in [0.1, 0.15) is 54.4 Å². The van der Waals surface area contributed by atoms with Crippen LogP contribution in [-0.4, -0.2) is 14.3 Å². The van der Waals surface area contributed by atoms with Crippen LogP contribution < -0.4 is 0 Å². The fraction of sp³-hybridized carbons (Fsp3) is 0.786. The Hall–Kier alpha value is -0.573. The van der Waals surface area contributed by atoms with Gasteiger partial charge in [-0.2, -0.15) is 0 Å². The second-order valence-electron chi connectivity index (χ2n) is 5.54. The Kier molecular flexibility index (Phi) is 6.76. The van der Waals surface area contributed by atoms with Crippen molar-refractivity contribution in [3.63, 3.8) is 0 Å². The Balaban J connectivity index is 5.03. The predicted molar refractivity (Wildman–Crippen MR) is 76.6 cm³/mol. The molecular weight excluding hydrogens is 228 g/mol. The van der Waals surface area contributed by atoms with E-state index in [-0.39, 0.29) is 5.97 Å². The Morgan fingerprint density at radius 3 is 2.00 bits per heavy atom. The van der Waals surface area contributed by atoms with Crippen LogP contribution in [-0.2, 0) is 9.22 Å². The molecular formula is C14H28O2Si. The van der Waals surface area contributed by atoms with Crippen molar-refractivity contribution in [2.45, 2.75) is 71.5 Å². The molecule has 0 atom stereocenters. The Bertz CT molecular complexity index is 261. The van der Waals surface area contributed by atoms with Crippen LogP contribution in [0.4, 0.5) is 0 Å². The molecule has 0 radical (unpaired) electrons. The minimum absolute atomic E-state index is 0.199. The first-order chi connectivity index (χ1) is 7.77. The zero-order valence-corrected chi connectivity index (χ0v) is 13.3. The van der Waals surface area contributed by atoms with Gasteiger partial charge in [-0.15, -0.1) is 0 Å². The van der Waals surface area contributed by atoms with E-state index < -0.39 is 8.32 Å². The lowest BCUT2D eigenvalue weighted by Gasteiger charge is -2.38. The lowest BCUT2D eigenvalue weighted by atomic mass is 10.4. The molecule has 0 saturated carbocycles. The summed E-state index contributed by atoms with van der Waals surface area (Å²) in [5, 5.41) is 0. The first-order valence-corrected chi connectivity index (χ1v) is 8.93. The molecule has 0 bridgehead atoms. The summed E-state index contributed by atoms with van der Waals surface area (Å²) in [6, 6.07) is 1.07. The van der Waals surface area contributed by atoms with Crippen LogP contribution in [0.15, 0.2) is 12.2 Å². The van der Waals surface area contributed by atoms with Crippen LogP contribution in [0.2, 0.25) is 17.1 Å². The first kappa shape index (κ1) is 16.4. The number of unbranched alkanes of at least 4 members (excludes halogenated alkanes) is 1. The van der Waals surface area contributed by atoms with E-state index in [0.29, 0.717) is 16.7 Å². The molecule has 0 N–H and O–H groups in total. The zero-order valence-electron chi connectivity index (χ0n) is 12.3. The molecule has 0 saturated heterocycles. The molecule has 0 aliphatic carbocycles. The van der Waals surface area contributed by atoms with Gasteiger partial charge < -0.3 is 4.43 Å². The summed E-state index contributed by atoms with van der Waals surface area (Å²) in [6.07, 6.45) is 2.30. The van der Waals surface area contributed by atoms with E-state index >= 15 is 0 Å². The van der Waals surface area contributed by atoms with E-state index in [1.807, 2.05) is 0 Å². The molecule has 0 heterocycles. The summed E-state index contributed by atoms with van der Waals surface area (Å²) < 4.78 is 5.92. The van der Waals surface area contributed by atoms with E-state index in [4.69, 9.17) is 4.43 Å². The van der Waals surface area contributed by atoms with Crippen molar-refractivity contribution in [1.82, 2.24) is 0 Å². The number of carbonyl (C=O) groups excluding carboxylic acids is 1. The van der Waals surface area contributed by atoms with Crippen molar-refractivity contribution < 1.29 is 9.22 Å². The highest BCUT2D eigenvalue weighted by molar-refractivity contribution is 6.77. The number of rotatable bonds is 7. The molecule has 0 aliphatic heterocycles. The summed E-state index contributed by atoms with van der Waals surface area (Å²) in [5.74, 6) is -0.199. The van der Waals surface area contributed by atoms with Crippen molar-refractivity contribution in [1.29, 1.82) is 0 Å². The first-order valence-electron chi connectivity index (χ1n) is 6.66. The van der Waals surface area contributed by atoms with E-state index in [2.05, 4.69) is 41.2 Å². The summed E-state index contributed by atoms with van der Waals surface area (Å²) in [7, 11) is -2.01. The SMILES string of the molecule is C=C(C)C(=O)O[Si](CCCC)(C(C)C)C(C)C. The summed E-state index contributed by atoms with van der Waals surface area (Å²) >= 11 is 0. The van der Waals surface area contributed by atoms with Gasteiger partial charge in [0.05, 0.1) is 0 Å². The van der Waals surface area contributed by atoms with Gasteiger partial charge in [-0.3, -0.25) is 0 Å². The Morgan fingerprint density at radius 1 is 1.24 bits per heavy atom. The molecule has 0 rings (SSSR count). The smallest absolute Gasteiger partial charge is 0.319 e. The van der Waals surface area contributed by atoms with E-state index in [1.165, 1.54) is 0 Å². The summed E-state index contributed by atoms with van der Waals surface area (Å²) in [6.45, 7) is 16.3. The minimum atomic E-state index is -2.01. The highest BCUT2D eigenvalue weighted by atomic mass is 28.4. The van der Waals surface area contributed by atoms with Crippen LogP contribution in [0, 0.1) is 0 Å². The maximum Gasteiger partial charge on any atom is 0.319 e. The quantitative estimate of drug-likeness (QED) is 0.488. The fourth-order valence-electron chi connectivity index (χ4n) is 2.24. The van der Waals surface area contributed by atoms with Crippen LogP contribution in [0.5, 0.6) is 0 Å². The number of carbonyl (C=O) groups is 1. The molecule has 0 fully saturated rings. The summed E-state index contributed by atoms with van der Waals surface area (Å²) in [5.41, 5.74) is 1.43. The number of hydrogen-bond acceptors (Lipinski definition) is 2. The molecule has 0 amide bonds. The van der Waals surface area contributed by atoms with Gasteiger partial charge in [-0.05, 0) is 24.1 Å². The maximum atomic E-state index is 11.8. The van der Waals surface area contributed by atoms with Crippen LogP contribution in [0.25, 0.3) is 0 Å². The zero-order chi connectivity index (χ0) is 13.6. The Morgan fingerprint density at radius 2 is 1.71 bits per heavy atom. The summed E-state index contributed by atoms with van der Waals surface area (Å²) in [4.78, 5) is 11.8. The van der Waals surface area contributed by atoms with Crippen LogP contribution in [0.3, 0.4) is 0 Å². The van der Waals surface area contributed by atoms with E-state index in [1.54, 1.807) is 6.92 Å². The third kappa shape index (κ3) is 4.30. The van der Waals surface area contributed by atoms with Gasteiger partial charge in [-0.1, -0.05) is 54.0 Å². The van der Waals surface area contributed by atoms with Gasteiger partial charge in [0, 0.05) is 5.57 Å². The van der Waals surface area contributed by atoms with Crippen molar-refractivity contribution in [3.05, 3.63) is 12.2 Å². The van der Waals surface area contributed by atoms with Crippen molar-refractivity contribution in [3.8, 4) is 0 Å². The Labute approximate surface area is 108 Å². The fourth-order valence-corrected chi connectivity index (χ4v) is 6.73. The average molecular weight is 256 g/mol. The lowest BCUT2D eigenvalue weighted by Crippen LogP contribution is -2.46. The van der Waals surface area contributed by atoms with Gasteiger partial charge in [-0.25, -0.2) is 4.79 Å². The van der Waals surface area contributed by atoms with E-state index in [0.717, 1.165) is 18.9 Å². The molecule has 0 aromatic heterocycles. The molecule has 0 aromatic rings. The number of hydrogen-bond donors (Lipinski definition) is 0. The highest BCUT2D eigenvalue weighted by Crippen LogP contribution is 2.38. The third-order valence-electron chi connectivity index (χ3n) is 3.51. The molecule has 3 heteroatoms. The van der Waals surface area contributed by atoms with Gasteiger partial charge in [0.15, 0.2) is 0 Å².